The van der Waals surface area contributed by atoms with Gasteiger partial charge in [0, 0.05) is 5.71 Å². The lowest BCUT2D eigenvalue weighted by molar-refractivity contribution is 0.0951. The van der Waals surface area contributed by atoms with E-state index in [1.165, 1.54) is 31.7 Å². The summed E-state index contributed by atoms with van der Waals surface area (Å²) in [5.41, 5.74) is 4.06. The first-order valence-corrected chi connectivity index (χ1v) is 8.78. The molecule has 23 heavy (non-hydrogen) atoms. The number of nitrogens with one attached hydrogen (secondary N) is 1. The number of rotatable bonds is 2. The molecule has 5 atom stereocenters. The Morgan fingerprint density at radius 3 is 2.70 bits per heavy atom. The molecule has 3 aliphatic rings. The summed E-state index contributed by atoms with van der Waals surface area (Å²) in [5.74, 6) is 3.61. The average Bonchev–Trinajstić information content (AvgIpc) is 3.14. The molecule has 3 aliphatic carbocycles. The standard InChI is InChI=1S/C19H24N2O2/c1-11-8-15-12-6-7-13(9-12)16(15)10-17(11)20-21-19(23)14-4-2-3-5-18(14)22/h2-5,11-13,15-16,22H,6-10H2,1H3,(H,21,23)/t11-,12+,13-,15-,16-/m0/s1. The van der Waals surface area contributed by atoms with Crippen molar-refractivity contribution in [2.24, 2.45) is 34.7 Å². The van der Waals surface area contributed by atoms with Crippen LogP contribution < -0.4 is 5.43 Å². The predicted octanol–water partition coefficient (Wildman–Crippen LogP) is 3.57. The molecular formula is C19H24N2O2. The van der Waals surface area contributed by atoms with Crippen LogP contribution in [0, 0.1) is 29.6 Å². The topological polar surface area (TPSA) is 61.7 Å². The van der Waals surface area contributed by atoms with Crippen molar-refractivity contribution in [2.45, 2.75) is 39.0 Å². The fraction of sp³-hybridized carbons (Fsp3) is 0.579. The van der Waals surface area contributed by atoms with Gasteiger partial charge >= 0.3 is 0 Å². The van der Waals surface area contributed by atoms with Gasteiger partial charge in [0.25, 0.3) is 5.91 Å². The van der Waals surface area contributed by atoms with E-state index in [9.17, 15) is 9.90 Å². The minimum absolute atomic E-state index is 0.00457. The minimum Gasteiger partial charge on any atom is -0.507 e. The molecule has 2 bridgehead atoms. The molecule has 4 heteroatoms. The first-order chi connectivity index (χ1) is 11.1. The third-order valence-corrected chi connectivity index (χ3v) is 6.36. The molecule has 0 aliphatic heterocycles. The molecule has 0 radical (unpaired) electrons. The van der Waals surface area contributed by atoms with Crippen LogP contribution in [-0.4, -0.2) is 16.7 Å². The van der Waals surface area contributed by atoms with Crippen LogP contribution in [0.15, 0.2) is 29.4 Å². The molecule has 3 fully saturated rings. The van der Waals surface area contributed by atoms with E-state index < -0.39 is 0 Å². The third kappa shape index (κ3) is 2.54. The van der Waals surface area contributed by atoms with Crippen LogP contribution in [0.1, 0.15) is 49.4 Å². The Morgan fingerprint density at radius 1 is 1.17 bits per heavy atom. The van der Waals surface area contributed by atoms with Gasteiger partial charge in [0.15, 0.2) is 0 Å². The summed E-state index contributed by atoms with van der Waals surface area (Å²) in [5, 5.41) is 14.2. The lowest BCUT2D eigenvalue weighted by Gasteiger charge is -2.38. The maximum Gasteiger partial charge on any atom is 0.275 e. The lowest BCUT2D eigenvalue weighted by atomic mass is 9.67. The van der Waals surface area contributed by atoms with Crippen molar-refractivity contribution in [3.05, 3.63) is 29.8 Å². The van der Waals surface area contributed by atoms with Crippen molar-refractivity contribution >= 4 is 11.6 Å². The highest BCUT2D eigenvalue weighted by molar-refractivity contribution is 5.98. The Balaban J connectivity index is 1.46. The van der Waals surface area contributed by atoms with E-state index in [4.69, 9.17) is 0 Å². The SMILES string of the molecule is C[C@H]1C[C@H]2[C@@H]3CC[C@@H](C3)[C@@H]2CC1=NNC(=O)c1ccccc1O. The van der Waals surface area contributed by atoms with Crippen LogP contribution in [0.3, 0.4) is 0 Å². The minimum atomic E-state index is -0.335. The Bertz CT molecular complexity index is 655. The predicted molar refractivity (Wildman–Crippen MR) is 89.2 cm³/mol. The van der Waals surface area contributed by atoms with Gasteiger partial charge in [-0.05, 0) is 73.8 Å². The molecule has 4 nitrogen and oxygen atoms in total. The number of hydrazone groups is 1. The molecule has 122 valence electrons. The molecule has 1 aromatic carbocycles. The fourth-order valence-corrected chi connectivity index (χ4v) is 5.21. The van der Waals surface area contributed by atoms with Crippen LogP contribution in [0.2, 0.25) is 0 Å². The van der Waals surface area contributed by atoms with E-state index in [1.807, 2.05) is 0 Å². The van der Waals surface area contributed by atoms with Crippen LogP contribution in [0.5, 0.6) is 5.75 Å². The summed E-state index contributed by atoms with van der Waals surface area (Å²) in [7, 11) is 0. The van der Waals surface area contributed by atoms with Gasteiger partial charge in [-0.1, -0.05) is 19.1 Å². The average molecular weight is 312 g/mol. The van der Waals surface area contributed by atoms with Gasteiger partial charge in [-0.15, -0.1) is 0 Å². The molecule has 4 rings (SSSR count). The molecule has 1 aromatic rings. The number of hydrogen-bond acceptors (Lipinski definition) is 3. The normalized spacial score (nSPS) is 36.9. The second-order valence-electron chi connectivity index (χ2n) is 7.56. The highest BCUT2D eigenvalue weighted by Gasteiger charge is 2.50. The zero-order chi connectivity index (χ0) is 16.0. The Kier molecular flexibility index (Phi) is 3.63. The Morgan fingerprint density at radius 2 is 1.91 bits per heavy atom. The number of fused-ring (bicyclic) bond motifs is 5. The summed E-state index contributed by atoms with van der Waals surface area (Å²) in [6.07, 6.45) is 6.48. The first kappa shape index (κ1) is 14.7. The quantitative estimate of drug-likeness (QED) is 0.820. The van der Waals surface area contributed by atoms with Gasteiger partial charge in [0.05, 0.1) is 5.56 Å². The van der Waals surface area contributed by atoms with Crippen molar-refractivity contribution in [1.29, 1.82) is 0 Å². The monoisotopic (exact) mass is 312 g/mol. The number of benzene rings is 1. The largest absolute Gasteiger partial charge is 0.507 e. The number of nitrogens with zero attached hydrogens (tertiary/aromatic N) is 1. The van der Waals surface area contributed by atoms with Crippen LogP contribution >= 0.6 is 0 Å². The van der Waals surface area contributed by atoms with Crippen molar-refractivity contribution in [3.8, 4) is 5.75 Å². The van der Waals surface area contributed by atoms with E-state index in [1.54, 1.807) is 18.2 Å². The van der Waals surface area contributed by atoms with Crippen molar-refractivity contribution < 1.29 is 9.90 Å². The van der Waals surface area contributed by atoms with Gasteiger partial charge < -0.3 is 5.11 Å². The Labute approximate surface area is 137 Å². The molecule has 0 aromatic heterocycles. The smallest absolute Gasteiger partial charge is 0.275 e. The fourth-order valence-electron chi connectivity index (χ4n) is 5.21. The van der Waals surface area contributed by atoms with E-state index >= 15 is 0 Å². The van der Waals surface area contributed by atoms with Gasteiger partial charge in [-0.25, -0.2) is 5.43 Å². The summed E-state index contributed by atoms with van der Waals surface area (Å²) in [6.45, 7) is 2.23. The molecule has 1 amide bonds. The van der Waals surface area contributed by atoms with Crippen LogP contribution in [-0.2, 0) is 0 Å². The van der Waals surface area contributed by atoms with Crippen molar-refractivity contribution in [3.63, 3.8) is 0 Å². The Hall–Kier alpha value is -1.84. The van der Waals surface area contributed by atoms with Crippen LogP contribution in [0.25, 0.3) is 0 Å². The van der Waals surface area contributed by atoms with Gasteiger partial charge in [-0.3, -0.25) is 4.79 Å². The molecule has 0 heterocycles. The number of phenols is 1. The summed E-state index contributed by atoms with van der Waals surface area (Å²) in [6, 6.07) is 6.58. The number of amides is 1. The maximum atomic E-state index is 12.2. The summed E-state index contributed by atoms with van der Waals surface area (Å²) < 4.78 is 0. The molecule has 0 unspecified atom stereocenters. The van der Waals surface area contributed by atoms with Crippen LogP contribution in [0.4, 0.5) is 0 Å². The third-order valence-electron chi connectivity index (χ3n) is 6.36. The van der Waals surface area contributed by atoms with Crippen molar-refractivity contribution in [2.75, 3.05) is 0 Å². The molecule has 0 spiro atoms. The number of aromatic hydroxyl groups is 1. The van der Waals surface area contributed by atoms with Gasteiger partial charge in [0.1, 0.15) is 5.75 Å². The zero-order valence-corrected chi connectivity index (χ0v) is 13.5. The highest BCUT2D eigenvalue weighted by atomic mass is 16.3. The van der Waals surface area contributed by atoms with E-state index in [0.717, 1.165) is 35.8 Å². The molecular weight excluding hydrogens is 288 g/mol. The first-order valence-electron chi connectivity index (χ1n) is 8.78. The molecule has 0 saturated heterocycles. The highest BCUT2D eigenvalue weighted by Crippen LogP contribution is 2.57. The second-order valence-corrected chi connectivity index (χ2v) is 7.56. The zero-order valence-electron chi connectivity index (χ0n) is 13.5. The number of phenolic OH excluding ortho intramolecular Hbond substituents is 1. The summed E-state index contributed by atoms with van der Waals surface area (Å²) >= 11 is 0. The van der Waals surface area contributed by atoms with Crippen molar-refractivity contribution in [1.82, 2.24) is 5.43 Å². The number of carbonyl (C=O) groups is 1. The summed E-state index contributed by atoms with van der Waals surface area (Å²) in [4.78, 5) is 12.2. The maximum absolute atomic E-state index is 12.2. The van der Waals surface area contributed by atoms with E-state index in [0.29, 0.717) is 5.92 Å². The number of para-hydroxylation sites is 1. The van der Waals surface area contributed by atoms with Gasteiger partial charge in [-0.2, -0.15) is 5.10 Å². The second kappa shape index (κ2) is 5.66. The number of carbonyl (C=O) groups excluding carboxylic acids is 1. The molecule has 3 saturated carbocycles. The molecule has 2 N–H and O–H groups in total. The number of hydrogen-bond donors (Lipinski definition) is 2. The van der Waals surface area contributed by atoms with E-state index in [-0.39, 0.29) is 17.2 Å². The van der Waals surface area contributed by atoms with E-state index in [2.05, 4.69) is 17.5 Å². The lowest BCUT2D eigenvalue weighted by Crippen LogP contribution is -2.36. The van der Waals surface area contributed by atoms with Gasteiger partial charge in [0.2, 0.25) is 0 Å².